The minimum atomic E-state index is -3.75. The van der Waals surface area contributed by atoms with E-state index >= 15 is 0 Å². The molecule has 0 aliphatic carbocycles. The van der Waals surface area contributed by atoms with Crippen molar-refractivity contribution in [3.8, 4) is 0 Å². The van der Waals surface area contributed by atoms with E-state index in [-0.39, 0.29) is 0 Å². The first-order chi connectivity index (χ1) is 9.90. The Balaban J connectivity index is 2.91. The Bertz CT molecular complexity index is 596. The molecule has 1 aromatic rings. The third-order valence-corrected chi connectivity index (χ3v) is 6.85. The predicted octanol–water partition coefficient (Wildman–Crippen LogP) is 4.44. The maximum Gasteiger partial charge on any atom is 0.322 e. The zero-order chi connectivity index (χ0) is 17.1. The summed E-state index contributed by atoms with van der Waals surface area (Å²) in [6, 6.07) is 5.83. The second-order valence-electron chi connectivity index (χ2n) is 4.04. The first-order valence-corrected chi connectivity index (χ1v) is 11.2. The van der Waals surface area contributed by atoms with Crippen LogP contribution in [-0.4, -0.2) is 36.9 Å². The van der Waals surface area contributed by atoms with Gasteiger partial charge in [-0.05, 0) is 41.4 Å². The lowest BCUT2D eigenvalue weighted by Crippen LogP contribution is -2.44. The van der Waals surface area contributed by atoms with Crippen molar-refractivity contribution in [2.24, 2.45) is 0 Å². The highest BCUT2D eigenvalue weighted by Crippen LogP contribution is 2.58. The van der Waals surface area contributed by atoms with Crippen LogP contribution < -0.4 is 5.32 Å². The number of carbonyl (C=O) groups is 1. The van der Waals surface area contributed by atoms with Crippen LogP contribution in [0.2, 0.25) is 5.02 Å². The number of hydrogen-bond donors (Lipinski definition) is 3. The molecule has 0 radical (unpaired) electrons. The maximum atomic E-state index is 12.2. The third kappa shape index (κ3) is 6.99. The highest BCUT2D eigenvalue weighted by atomic mass is 35.6. The molecule has 0 fully saturated rings. The van der Waals surface area contributed by atoms with E-state index in [1.165, 1.54) is 13.1 Å². The number of nitrogens with one attached hydrogen (secondary N) is 1. The number of urea groups is 1. The Morgan fingerprint density at radius 3 is 2.50 bits per heavy atom. The van der Waals surface area contributed by atoms with E-state index in [0.29, 0.717) is 22.1 Å². The van der Waals surface area contributed by atoms with Crippen molar-refractivity contribution in [2.75, 3.05) is 12.4 Å². The molecule has 12 heteroatoms. The van der Waals surface area contributed by atoms with Crippen LogP contribution >= 0.6 is 63.5 Å². The van der Waals surface area contributed by atoms with E-state index in [0.717, 1.165) is 4.90 Å². The molecule has 0 saturated carbocycles. The van der Waals surface area contributed by atoms with Gasteiger partial charge in [0.05, 0.1) is 0 Å². The highest BCUT2D eigenvalue weighted by molar-refractivity contribution is 8.67. The minimum absolute atomic E-state index is 0.435. The highest BCUT2D eigenvalue weighted by Gasteiger charge is 2.41. The summed E-state index contributed by atoms with van der Waals surface area (Å²) in [6.07, 6.45) is 0. The number of carbonyl (C=O) groups excluding carboxylic acids is 1. The summed E-state index contributed by atoms with van der Waals surface area (Å²) < 4.78 is -1.97. The van der Waals surface area contributed by atoms with E-state index in [2.05, 4.69) is 17.1 Å². The summed E-state index contributed by atoms with van der Waals surface area (Å²) in [7, 11) is 1.34. The average molecular weight is 444 g/mol. The van der Waals surface area contributed by atoms with E-state index in [1.807, 2.05) is 0 Å². The summed E-state index contributed by atoms with van der Waals surface area (Å²) in [5, 5.41) is 1.79. The normalized spacial score (nSPS) is 13.6. The van der Waals surface area contributed by atoms with Crippen LogP contribution in [-0.2, 0) is 11.8 Å². The maximum absolute atomic E-state index is 12.2. The molecule has 0 saturated heterocycles. The number of benzene rings is 1. The van der Waals surface area contributed by atoms with Crippen molar-refractivity contribution in [1.29, 1.82) is 0 Å². The Morgan fingerprint density at radius 2 is 2.05 bits per heavy atom. The molecule has 5 nitrogen and oxygen atoms in total. The van der Waals surface area contributed by atoms with Gasteiger partial charge in [-0.2, -0.15) is 0 Å². The monoisotopic (exact) mass is 442 g/mol. The minimum Gasteiger partial charge on any atom is -0.338 e. The first kappa shape index (κ1) is 20.6. The lowest BCUT2D eigenvalue weighted by atomic mass is 10.3. The molecular weight excluding hydrogens is 433 g/mol. The Hall–Kier alpha value is 0.570. The van der Waals surface area contributed by atoms with Gasteiger partial charge in [-0.3, -0.25) is 0 Å². The lowest BCUT2D eigenvalue weighted by molar-refractivity contribution is 0.219. The molecule has 0 aromatic heterocycles. The van der Waals surface area contributed by atoms with Gasteiger partial charge in [0.1, 0.15) is 5.37 Å². The van der Waals surface area contributed by atoms with Gasteiger partial charge in [-0.25, -0.2) is 4.79 Å². The first-order valence-electron chi connectivity index (χ1n) is 5.50. The van der Waals surface area contributed by atoms with Crippen LogP contribution in [0.4, 0.5) is 10.5 Å². The van der Waals surface area contributed by atoms with Crippen molar-refractivity contribution < 1.29 is 14.6 Å². The van der Waals surface area contributed by atoms with Gasteiger partial charge >= 0.3 is 6.03 Å². The summed E-state index contributed by atoms with van der Waals surface area (Å²) >= 11 is 28.1. The van der Waals surface area contributed by atoms with Gasteiger partial charge in [-0.1, -0.05) is 52.5 Å². The zero-order valence-electron chi connectivity index (χ0n) is 10.9. The lowest BCUT2D eigenvalue weighted by Gasteiger charge is -2.33. The molecule has 1 atom stereocenters. The standard InChI is InChI=1S/C10H11Cl4N2O3PS2/c1-16(8(10(12,13)14)22-20(18,19)21)9(17)15-7-4-2-3-6(11)5-7/h2-5,8H,1H3,(H,15,17)(H2,18,19,21). The number of rotatable bonds is 4. The molecule has 0 spiro atoms. The molecule has 0 aliphatic heterocycles. The molecule has 2 amide bonds. The van der Waals surface area contributed by atoms with E-state index < -0.39 is 20.9 Å². The molecule has 124 valence electrons. The molecule has 0 aliphatic rings. The van der Waals surface area contributed by atoms with Crippen LogP contribution in [0.5, 0.6) is 0 Å². The molecule has 0 heterocycles. The van der Waals surface area contributed by atoms with E-state index in [9.17, 15) is 14.6 Å². The molecule has 1 unspecified atom stereocenters. The third-order valence-electron chi connectivity index (χ3n) is 2.27. The van der Waals surface area contributed by atoms with Crippen molar-refractivity contribution >= 4 is 87.0 Å². The van der Waals surface area contributed by atoms with Gasteiger partial charge < -0.3 is 20.0 Å². The number of hydrogen-bond acceptors (Lipinski definition) is 3. The molecule has 1 aromatic carbocycles. The van der Waals surface area contributed by atoms with Crippen molar-refractivity contribution in [1.82, 2.24) is 4.90 Å². The largest absolute Gasteiger partial charge is 0.338 e. The Morgan fingerprint density at radius 1 is 1.45 bits per heavy atom. The van der Waals surface area contributed by atoms with Crippen LogP contribution in [0.25, 0.3) is 0 Å². The number of amides is 2. The van der Waals surface area contributed by atoms with E-state index in [4.69, 9.17) is 46.4 Å². The molecule has 22 heavy (non-hydrogen) atoms. The fourth-order valence-electron chi connectivity index (χ4n) is 1.36. The van der Waals surface area contributed by atoms with Crippen LogP contribution in [0, 0.1) is 0 Å². The van der Waals surface area contributed by atoms with Crippen molar-refractivity contribution in [2.45, 2.75) is 9.17 Å². The average Bonchev–Trinajstić information content (AvgIpc) is 2.32. The zero-order valence-corrected chi connectivity index (χ0v) is 16.5. The SMILES string of the molecule is CN(C(=O)Nc1cccc(Cl)c1)C(SP(O)(O)=S)C(Cl)(Cl)Cl. The summed E-state index contributed by atoms with van der Waals surface area (Å²) in [5.41, 5.74) is -3.31. The van der Waals surface area contributed by atoms with Crippen LogP contribution in [0.3, 0.4) is 0 Å². The Labute approximate surface area is 156 Å². The van der Waals surface area contributed by atoms with Gasteiger partial charge in [0.25, 0.3) is 0 Å². The molecule has 0 bridgehead atoms. The quantitative estimate of drug-likeness (QED) is 0.364. The fourth-order valence-corrected chi connectivity index (χ4v) is 5.98. The van der Waals surface area contributed by atoms with Crippen LogP contribution in [0.1, 0.15) is 0 Å². The summed E-state index contributed by atoms with van der Waals surface area (Å²) in [5.74, 6) is 0. The smallest absolute Gasteiger partial charge is 0.322 e. The second-order valence-corrected chi connectivity index (χ2v) is 12.9. The van der Waals surface area contributed by atoms with Gasteiger partial charge in [0.2, 0.25) is 9.49 Å². The van der Waals surface area contributed by atoms with Gasteiger partial charge in [0.15, 0.2) is 0 Å². The molecule has 1 rings (SSSR count). The molecule has 3 N–H and O–H groups in total. The second kappa shape index (κ2) is 8.10. The van der Waals surface area contributed by atoms with E-state index in [1.54, 1.807) is 18.2 Å². The number of halogens is 4. The number of nitrogens with zero attached hydrogens (tertiary/aromatic N) is 1. The summed E-state index contributed by atoms with van der Waals surface area (Å²) in [4.78, 5) is 32.0. The number of alkyl halides is 3. The fraction of sp³-hybridized carbons (Fsp3) is 0.300. The topological polar surface area (TPSA) is 72.8 Å². The Kier molecular flexibility index (Phi) is 7.59. The van der Waals surface area contributed by atoms with Crippen LogP contribution in [0.15, 0.2) is 24.3 Å². The van der Waals surface area contributed by atoms with Gasteiger partial charge in [0, 0.05) is 17.8 Å². The van der Waals surface area contributed by atoms with Gasteiger partial charge in [-0.15, -0.1) is 0 Å². The number of anilines is 1. The molecular formula is C10H11Cl4N2O3PS2. The van der Waals surface area contributed by atoms with Crippen molar-refractivity contribution in [3.05, 3.63) is 29.3 Å². The summed E-state index contributed by atoms with van der Waals surface area (Å²) in [6.45, 7) is 0. The van der Waals surface area contributed by atoms with Crippen molar-refractivity contribution in [3.63, 3.8) is 0 Å². The predicted molar refractivity (Wildman–Crippen MR) is 98.6 cm³/mol.